The Hall–Kier alpha value is -0.120. The van der Waals surface area contributed by atoms with Gasteiger partial charge >= 0.3 is 0 Å². The van der Waals surface area contributed by atoms with Crippen LogP contribution in [0.1, 0.15) is 39.5 Å². The third kappa shape index (κ3) is 4.57. The van der Waals surface area contributed by atoms with Gasteiger partial charge in [-0.15, -0.1) is 0 Å². The SMILES string of the molecule is CCCC(C)N(C)CC1(CNC)CCCOC1. The van der Waals surface area contributed by atoms with Gasteiger partial charge in [0.05, 0.1) is 6.61 Å². The topological polar surface area (TPSA) is 24.5 Å². The highest BCUT2D eigenvalue weighted by atomic mass is 16.5. The van der Waals surface area contributed by atoms with E-state index in [0.29, 0.717) is 11.5 Å². The van der Waals surface area contributed by atoms with Gasteiger partial charge in [-0.1, -0.05) is 13.3 Å². The fourth-order valence-electron chi connectivity index (χ4n) is 2.93. The molecule has 0 bridgehead atoms. The highest BCUT2D eigenvalue weighted by Gasteiger charge is 2.34. The average Bonchev–Trinajstić information content (AvgIpc) is 2.30. The lowest BCUT2D eigenvalue weighted by Crippen LogP contribution is -2.49. The fraction of sp³-hybridized carbons (Fsp3) is 1.00. The predicted octanol–water partition coefficient (Wildman–Crippen LogP) is 2.12. The second-order valence-electron chi connectivity index (χ2n) is 5.74. The Morgan fingerprint density at radius 3 is 2.76 bits per heavy atom. The molecule has 0 amide bonds. The fourth-order valence-corrected chi connectivity index (χ4v) is 2.93. The molecule has 1 rings (SSSR count). The number of hydrogen-bond donors (Lipinski definition) is 1. The van der Waals surface area contributed by atoms with Crippen molar-refractivity contribution in [2.75, 3.05) is 40.4 Å². The van der Waals surface area contributed by atoms with Crippen LogP contribution in [-0.4, -0.2) is 51.3 Å². The minimum atomic E-state index is 0.323. The number of hydrogen-bond acceptors (Lipinski definition) is 3. The molecule has 0 saturated carbocycles. The van der Waals surface area contributed by atoms with Crippen molar-refractivity contribution in [2.45, 2.75) is 45.6 Å². The number of rotatable bonds is 7. The lowest BCUT2D eigenvalue weighted by molar-refractivity contribution is -0.0269. The zero-order valence-electron chi connectivity index (χ0n) is 12.1. The van der Waals surface area contributed by atoms with Crippen LogP contribution in [0.2, 0.25) is 0 Å². The Morgan fingerprint density at radius 1 is 1.47 bits per heavy atom. The van der Waals surface area contributed by atoms with Crippen molar-refractivity contribution in [3.8, 4) is 0 Å². The summed E-state index contributed by atoms with van der Waals surface area (Å²) in [5, 5.41) is 3.35. The first-order valence-corrected chi connectivity index (χ1v) is 7.06. The van der Waals surface area contributed by atoms with Crippen molar-refractivity contribution in [1.82, 2.24) is 10.2 Å². The van der Waals surface area contributed by atoms with Crippen LogP contribution in [0.5, 0.6) is 0 Å². The maximum atomic E-state index is 5.71. The van der Waals surface area contributed by atoms with Crippen LogP contribution in [0.4, 0.5) is 0 Å². The summed E-state index contributed by atoms with van der Waals surface area (Å²) in [5.74, 6) is 0. The lowest BCUT2D eigenvalue weighted by Gasteiger charge is -2.41. The summed E-state index contributed by atoms with van der Waals surface area (Å²) in [4.78, 5) is 2.51. The van der Waals surface area contributed by atoms with Crippen LogP contribution < -0.4 is 5.32 Å². The first kappa shape index (κ1) is 14.9. The smallest absolute Gasteiger partial charge is 0.0546 e. The van der Waals surface area contributed by atoms with Crippen LogP contribution in [0.25, 0.3) is 0 Å². The molecule has 0 aliphatic carbocycles. The van der Waals surface area contributed by atoms with Gasteiger partial charge in [0.15, 0.2) is 0 Å². The first-order chi connectivity index (χ1) is 8.13. The Kier molecular flexibility index (Phi) is 6.45. The van der Waals surface area contributed by atoms with E-state index in [1.165, 1.54) is 25.7 Å². The third-order valence-electron chi connectivity index (χ3n) is 4.00. The van der Waals surface area contributed by atoms with Crippen molar-refractivity contribution in [1.29, 1.82) is 0 Å². The van der Waals surface area contributed by atoms with E-state index in [2.05, 4.69) is 31.1 Å². The van der Waals surface area contributed by atoms with Crippen molar-refractivity contribution in [2.24, 2.45) is 5.41 Å². The van der Waals surface area contributed by atoms with Gasteiger partial charge in [-0.2, -0.15) is 0 Å². The molecule has 1 N–H and O–H groups in total. The highest BCUT2D eigenvalue weighted by molar-refractivity contribution is 4.87. The molecular formula is C14H30N2O. The zero-order valence-corrected chi connectivity index (χ0v) is 12.1. The summed E-state index contributed by atoms with van der Waals surface area (Å²) in [6.07, 6.45) is 5.04. The normalized spacial score (nSPS) is 27.4. The van der Waals surface area contributed by atoms with Crippen LogP contribution in [0, 0.1) is 5.41 Å². The van der Waals surface area contributed by atoms with E-state index in [4.69, 9.17) is 4.74 Å². The Balaban J connectivity index is 2.52. The van der Waals surface area contributed by atoms with Gasteiger partial charge in [-0.05, 0) is 40.3 Å². The minimum absolute atomic E-state index is 0.323. The summed E-state index contributed by atoms with van der Waals surface area (Å²) >= 11 is 0. The van der Waals surface area contributed by atoms with Gasteiger partial charge in [-0.3, -0.25) is 0 Å². The Morgan fingerprint density at radius 2 is 2.24 bits per heavy atom. The Labute approximate surface area is 107 Å². The molecule has 0 radical (unpaired) electrons. The molecule has 1 saturated heterocycles. The van der Waals surface area contributed by atoms with Gasteiger partial charge in [0, 0.05) is 31.2 Å². The van der Waals surface area contributed by atoms with Crippen molar-refractivity contribution in [3.63, 3.8) is 0 Å². The summed E-state index contributed by atoms with van der Waals surface area (Å²) in [7, 11) is 4.30. The minimum Gasteiger partial charge on any atom is -0.381 e. The Bertz CT molecular complexity index is 197. The van der Waals surface area contributed by atoms with E-state index in [1.54, 1.807) is 0 Å². The van der Waals surface area contributed by atoms with Crippen molar-refractivity contribution >= 4 is 0 Å². The third-order valence-corrected chi connectivity index (χ3v) is 4.00. The number of ether oxygens (including phenoxy) is 1. The first-order valence-electron chi connectivity index (χ1n) is 7.06. The maximum Gasteiger partial charge on any atom is 0.0546 e. The van der Waals surface area contributed by atoms with Crippen molar-refractivity contribution in [3.05, 3.63) is 0 Å². The molecule has 3 nitrogen and oxygen atoms in total. The quantitative estimate of drug-likeness (QED) is 0.740. The zero-order chi connectivity index (χ0) is 12.7. The average molecular weight is 242 g/mol. The van der Waals surface area contributed by atoms with Gasteiger partial charge in [0.25, 0.3) is 0 Å². The molecule has 0 aromatic rings. The van der Waals surface area contributed by atoms with E-state index < -0.39 is 0 Å². The molecule has 17 heavy (non-hydrogen) atoms. The lowest BCUT2D eigenvalue weighted by atomic mass is 9.81. The van der Waals surface area contributed by atoms with Gasteiger partial charge in [0.1, 0.15) is 0 Å². The second-order valence-corrected chi connectivity index (χ2v) is 5.74. The molecule has 2 unspecified atom stereocenters. The van der Waals surface area contributed by atoms with Crippen LogP contribution in [0.3, 0.4) is 0 Å². The number of nitrogens with zero attached hydrogens (tertiary/aromatic N) is 1. The van der Waals surface area contributed by atoms with Gasteiger partial charge in [-0.25, -0.2) is 0 Å². The van der Waals surface area contributed by atoms with Crippen LogP contribution >= 0.6 is 0 Å². The van der Waals surface area contributed by atoms with E-state index in [-0.39, 0.29) is 0 Å². The molecule has 3 heteroatoms. The summed E-state index contributed by atoms with van der Waals surface area (Å²) in [6.45, 7) is 8.67. The molecule has 2 atom stereocenters. The summed E-state index contributed by atoms with van der Waals surface area (Å²) in [5.41, 5.74) is 0.323. The molecule has 0 aromatic carbocycles. The van der Waals surface area contributed by atoms with E-state index in [9.17, 15) is 0 Å². The largest absolute Gasteiger partial charge is 0.381 e. The van der Waals surface area contributed by atoms with E-state index in [1.807, 2.05) is 7.05 Å². The molecule has 1 aliphatic heterocycles. The molecular weight excluding hydrogens is 212 g/mol. The van der Waals surface area contributed by atoms with Gasteiger partial charge < -0.3 is 15.0 Å². The molecule has 0 spiro atoms. The predicted molar refractivity (Wildman–Crippen MR) is 73.4 cm³/mol. The number of nitrogens with one attached hydrogen (secondary N) is 1. The molecule has 1 fully saturated rings. The van der Waals surface area contributed by atoms with E-state index in [0.717, 1.165) is 26.3 Å². The van der Waals surface area contributed by atoms with E-state index >= 15 is 0 Å². The molecule has 0 aromatic heterocycles. The summed E-state index contributed by atoms with van der Waals surface area (Å²) < 4.78 is 5.71. The van der Waals surface area contributed by atoms with Crippen LogP contribution in [-0.2, 0) is 4.74 Å². The van der Waals surface area contributed by atoms with Gasteiger partial charge in [0.2, 0.25) is 0 Å². The maximum absolute atomic E-state index is 5.71. The highest BCUT2D eigenvalue weighted by Crippen LogP contribution is 2.29. The standard InChI is InChI=1S/C14H30N2O/c1-5-7-13(2)16(4)11-14(10-15-3)8-6-9-17-12-14/h13,15H,5-12H2,1-4H3. The molecule has 102 valence electrons. The molecule has 1 aliphatic rings. The molecule has 1 heterocycles. The van der Waals surface area contributed by atoms with Crippen molar-refractivity contribution < 1.29 is 4.74 Å². The summed E-state index contributed by atoms with van der Waals surface area (Å²) in [6, 6.07) is 0.677. The van der Waals surface area contributed by atoms with Crippen LogP contribution in [0.15, 0.2) is 0 Å². The monoisotopic (exact) mass is 242 g/mol. The second kappa shape index (κ2) is 7.34.